The second-order valence-electron chi connectivity index (χ2n) is 4.03. The summed E-state index contributed by atoms with van der Waals surface area (Å²) in [6.07, 6.45) is 3.62. The van der Waals surface area contributed by atoms with Gasteiger partial charge in [-0.05, 0) is 6.07 Å². The highest BCUT2D eigenvalue weighted by Crippen LogP contribution is 2.28. The highest BCUT2D eigenvalue weighted by Gasteiger charge is 2.27. The van der Waals surface area contributed by atoms with Gasteiger partial charge in [-0.15, -0.1) is 0 Å². The Bertz CT molecular complexity index is 537. The van der Waals surface area contributed by atoms with Crippen molar-refractivity contribution < 1.29 is 9.53 Å². The van der Waals surface area contributed by atoms with Crippen LogP contribution in [-0.2, 0) is 16.0 Å². The van der Waals surface area contributed by atoms with Gasteiger partial charge in [-0.1, -0.05) is 6.58 Å². The second-order valence-corrected chi connectivity index (χ2v) is 4.03. The number of hydrogen-bond donors (Lipinski definition) is 1. The normalized spacial score (nSPS) is 22.5. The molecule has 5 nitrogen and oxygen atoms in total. The SMILES string of the molecule is C=C1COC(c2cnc3c(c2)N=CC3)C(=O)N1. The summed E-state index contributed by atoms with van der Waals surface area (Å²) >= 11 is 0. The third kappa shape index (κ3) is 1.74. The molecular formula is C12H11N3O2. The molecule has 2 aliphatic heterocycles. The van der Waals surface area contributed by atoms with Crippen LogP contribution in [0.15, 0.2) is 29.5 Å². The van der Waals surface area contributed by atoms with E-state index in [0.717, 1.165) is 23.4 Å². The van der Waals surface area contributed by atoms with E-state index in [1.807, 2.05) is 12.3 Å². The van der Waals surface area contributed by atoms with E-state index in [-0.39, 0.29) is 5.91 Å². The zero-order valence-corrected chi connectivity index (χ0v) is 9.14. The van der Waals surface area contributed by atoms with Crippen LogP contribution >= 0.6 is 0 Å². The lowest BCUT2D eigenvalue weighted by Crippen LogP contribution is -2.37. The van der Waals surface area contributed by atoms with Crippen molar-refractivity contribution in [2.75, 3.05) is 6.61 Å². The molecule has 2 aliphatic rings. The fraction of sp³-hybridized carbons (Fsp3) is 0.250. The van der Waals surface area contributed by atoms with Crippen LogP contribution in [0.5, 0.6) is 0 Å². The molecule has 1 aromatic rings. The number of carbonyl (C=O) groups is 1. The molecule has 1 amide bonds. The summed E-state index contributed by atoms with van der Waals surface area (Å²) in [5, 5.41) is 2.67. The number of aromatic nitrogens is 1. The number of hydrogen-bond acceptors (Lipinski definition) is 4. The summed E-state index contributed by atoms with van der Waals surface area (Å²) in [6, 6.07) is 1.85. The fourth-order valence-electron chi connectivity index (χ4n) is 1.92. The molecule has 5 heteroatoms. The quantitative estimate of drug-likeness (QED) is 0.782. The molecule has 3 heterocycles. The van der Waals surface area contributed by atoms with Gasteiger partial charge in [0.1, 0.15) is 0 Å². The van der Waals surface area contributed by atoms with Crippen LogP contribution < -0.4 is 5.32 Å². The molecule has 1 aromatic heterocycles. The topological polar surface area (TPSA) is 63.6 Å². The van der Waals surface area contributed by atoms with Gasteiger partial charge >= 0.3 is 0 Å². The molecule has 3 rings (SSSR count). The highest BCUT2D eigenvalue weighted by atomic mass is 16.5. The van der Waals surface area contributed by atoms with Crippen LogP contribution in [0.4, 0.5) is 5.69 Å². The number of amides is 1. The Morgan fingerprint density at radius 3 is 3.24 bits per heavy atom. The number of ether oxygens (including phenoxy) is 1. The lowest BCUT2D eigenvalue weighted by molar-refractivity contribution is -0.135. The lowest BCUT2D eigenvalue weighted by Gasteiger charge is -2.24. The van der Waals surface area contributed by atoms with Crippen molar-refractivity contribution in [3.63, 3.8) is 0 Å². The van der Waals surface area contributed by atoms with Gasteiger partial charge in [0.05, 0.1) is 18.0 Å². The van der Waals surface area contributed by atoms with Crippen LogP contribution in [0.25, 0.3) is 0 Å². The minimum Gasteiger partial charge on any atom is -0.357 e. The molecule has 0 saturated carbocycles. The Balaban J connectivity index is 1.91. The monoisotopic (exact) mass is 229 g/mol. The molecular weight excluding hydrogens is 218 g/mol. The maximum absolute atomic E-state index is 11.7. The Labute approximate surface area is 98.2 Å². The average Bonchev–Trinajstić information content (AvgIpc) is 2.75. The van der Waals surface area contributed by atoms with Gasteiger partial charge < -0.3 is 10.1 Å². The van der Waals surface area contributed by atoms with Crippen LogP contribution in [-0.4, -0.2) is 23.7 Å². The Morgan fingerprint density at radius 2 is 2.41 bits per heavy atom. The molecule has 0 radical (unpaired) electrons. The number of carbonyl (C=O) groups excluding carboxylic acids is 1. The predicted octanol–water partition coefficient (Wildman–Crippen LogP) is 1.04. The molecule has 1 N–H and O–H groups in total. The molecule has 0 aliphatic carbocycles. The number of aliphatic imine (C=N–C) groups is 1. The van der Waals surface area contributed by atoms with Gasteiger partial charge in [0.2, 0.25) is 0 Å². The maximum atomic E-state index is 11.7. The first-order valence-electron chi connectivity index (χ1n) is 5.35. The highest BCUT2D eigenvalue weighted by molar-refractivity contribution is 5.85. The van der Waals surface area contributed by atoms with Gasteiger partial charge in [-0.25, -0.2) is 0 Å². The molecule has 0 bridgehead atoms. The molecule has 86 valence electrons. The lowest BCUT2D eigenvalue weighted by atomic mass is 10.1. The van der Waals surface area contributed by atoms with Crippen molar-refractivity contribution in [2.24, 2.45) is 4.99 Å². The van der Waals surface area contributed by atoms with Crippen LogP contribution in [0.1, 0.15) is 17.4 Å². The van der Waals surface area contributed by atoms with Crippen molar-refractivity contribution in [2.45, 2.75) is 12.5 Å². The number of nitrogens with zero attached hydrogens (tertiary/aromatic N) is 2. The fourth-order valence-corrected chi connectivity index (χ4v) is 1.92. The van der Waals surface area contributed by atoms with Crippen molar-refractivity contribution >= 4 is 17.8 Å². The van der Waals surface area contributed by atoms with Gasteiger partial charge in [-0.3, -0.25) is 14.8 Å². The third-order valence-electron chi connectivity index (χ3n) is 2.75. The van der Waals surface area contributed by atoms with Crippen LogP contribution in [0, 0.1) is 0 Å². The molecule has 1 unspecified atom stereocenters. The summed E-state index contributed by atoms with van der Waals surface area (Å²) in [7, 11) is 0. The smallest absolute Gasteiger partial charge is 0.258 e. The number of fused-ring (bicyclic) bond motifs is 1. The van der Waals surface area contributed by atoms with Gasteiger partial charge in [0, 0.05) is 30.1 Å². The summed E-state index contributed by atoms with van der Waals surface area (Å²) in [5.41, 5.74) is 3.07. The first-order chi connectivity index (χ1) is 8.24. The van der Waals surface area contributed by atoms with E-state index in [2.05, 4.69) is 21.9 Å². The summed E-state index contributed by atoms with van der Waals surface area (Å²) < 4.78 is 5.44. The number of nitrogens with one attached hydrogen (secondary N) is 1. The summed E-state index contributed by atoms with van der Waals surface area (Å²) in [5.74, 6) is -0.204. The number of morpholine rings is 1. The van der Waals surface area contributed by atoms with E-state index in [1.165, 1.54) is 0 Å². The van der Waals surface area contributed by atoms with Crippen molar-refractivity contribution in [3.05, 3.63) is 35.8 Å². The zero-order chi connectivity index (χ0) is 11.8. The van der Waals surface area contributed by atoms with E-state index < -0.39 is 6.10 Å². The van der Waals surface area contributed by atoms with Crippen molar-refractivity contribution in [1.82, 2.24) is 10.3 Å². The van der Waals surface area contributed by atoms with Gasteiger partial charge in [0.25, 0.3) is 5.91 Å². The molecule has 0 aromatic carbocycles. The molecule has 1 saturated heterocycles. The van der Waals surface area contributed by atoms with E-state index in [1.54, 1.807) is 6.20 Å². The minimum absolute atomic E-state index is 0.204. The molecule has 1 atom stereocenters. The standard InChI is InChI=1S/C12H11N3O2/c1-7-6-17-11(12(16)15-7)8-4-10-9(14-5-8)2-3-13-10/h3-5,11H,1-2,6H2,(H,15,16). The molecule has 1 fully saturated rings. The minimum atomic E-state index is -0.617. The molecule has 0 spiro atoms. The van der Waals surface area contributed by atoms with Gasteiger partial charge in [-0.2, -0.15) is 0 Å². The Hall–Kier alpha value is -2.01. The third-order valence-corrected chi connectivity index (χ3v) is 2.75. The Morgan fingerprint density at radius 1 is 1.53 bits per heavy atom. The van der Waals surface area contributed by atoms with Gasteiger partial charge in [0.15, 0.2) is 6.10 Å². The summed E-state index contributed by atoms with van der Waals surface area (Å²) in [6.45, 7) is 3.98. The average molecular weight is 229 g/mol. The van der Waals surface area contributed by atoms with Crippen LogP contribution in [0.3, 0.4) is 0 Å². The van der Waals surface area contributed by atoms with E-state index in [9.17, 15) is 4.79 Å². The second kappa shape index (κ2) is 3.78. The Kier molecular flexibility index (Phi) is 2.26. The van der Waals surface area contributed by atoms with Crippen molar-refractivity contribution in [3.8, 4) is 0 Å². The maximum Gasteiger partial charge on any atom is 0.258 e. The van der Waals surface area contributed by atoms with Crippen LogP contribution in [0.2, 0.25) is 0 Å². The first kappa shape index (κ1) is 10.2. The zero-order valence-electron chi connectivity index (χ0n) is 9.14. The van der Waals surface area contributed by atoms with E-state index in [0.29, 0.717) is 12.3 Å². The van der Waals surface area contributed by atoms with Crippen molar-refractivity contribution in [1.29, 1.82) is 0 Å². The van der Waals surface area contributed by atoms with E-state index in [4.69, 9.17) is 4.74 Å². The largest absolute Gasteiger partial charge is 0.357 e. The first-order valence-corrected chi connectivity index (χ1v) is 5.35. The number of rotatable bonds is 1. The van der Waals surface area contributed by atoms with E-state index >= 15 is 0 Å². The number of pyridine rings is 1. The molecule has 17 heavy (non-hydrogen) atoms. The predicted molar refractivity (Wildman–Crippen MR) is 62.1 cm³/mol. The summed E-state index contributed by atoms with van der Waals surface area (Å²) in [4.78, 5) is 20.2.